The number of rotatable bonds is 6. The summed E-state index contributed by atoms with van der Waals surface area (Å²) in [7, 11) is 0. The van der Waals surface area contributed by atoms with Crippen molar-refractivity contribution in [1.29, 1.82) is 0 Å². The van der Waals surface area contributed by atoms with Crippen LogP contribution < -0.4 is 0 Å². The predicted octanol–water partition coefficient (Wildman–Crippen LogP) is 4.96. The molecule has 0 aliphatic rings. The molecule has 0 spiro atoms. The topological polar surface area (TPSA) is 50.7 Å². The lowest BCUT2D eigenvalue weighted by molar-refractivity contribution is 0.0949. The van der Waals surface area contributed by atoms with Crippen molar-refractivity contribution >= 4 is 16.7 Å². The van der Waals surface area contributed by atoms with E-state index in [1.54, 1.807) is 6.20 Å². The van der Waals surface area contributed by atoms with Gasteiger partial charge in [0.2, 0.25) is 0 Å². The first-order valence-corrected chi connectivity index (χ1v) is 8.61. The molecule has 0 unspecified atom stereocenters. The average Bonchev–Trinajstić information content (AvgIpc) is 3.18. The van der Waals surface area contributed by atoms with Crippen LogP contribution in [-0.2, 0) is 0 Å². The summed E-state index contributed by atoms with van der Waals surface area (Å²) < 4.78 is 1.95. The number of para-hydroxylation sites is 1. The molecule has 0 amide bonds. The van der Waals surface area contributed by atoms with Gasteiger partial charge in [-0.05, 0) is 37.3 Å². The number of hydrogen-bond acceptors (Lipinski definition) is 2. The Balaban J connectivity index is 1.89. The van der Waals surface area contributed by atoms with Crippen LogP contribution in [-0.4, -0.2) is 20.3 Å². The minimum atomic E-state index is 0.103. The van der Waals surface area contributed by atoms with E-state index >= 15 is 0 Å². The number of nitrogens with one attached hydrogen (secondary N) is 1. The summed E-state index contributed by atoms with van der Waals surface area (Å²) in [5.74, 6) is 1.18. The van der Waals surface area contributed by atoms with E-state index in [2.05, 4.69) is 55.9 Å². The maximum atomic E-state index is 12.8. The fourth-order valence-electron chi connectivity index (χ4n) is 3.24. The van der Waals surface area contributed by atoms with Gasteiger partial charge in [-0.25, -0.2) is 4.98 Å². The quantitative estimate of drug-likeness (QED) is 0.652. The van der Waals surface area contributed by atoms with Gasteiger partial charge in [0.1, 0.15) is 0 Å². The SMILES string of the molecule is CC(C)[C@H](CC(=O)c1nccn1C(C)C)c1cc2ccccc2[nH]1. The predicted molar refractivity (Wildman–Crippen MR) is 97.4 cm³/mol. The molecule has 0 aliphatic heterocycles. The molecule has 0 bridgehead atoms. The van der Waals surface area contributed by atoms with Crippen LogP contribution in [0.1, 0.15) is 62.4 Å². The smallest absolute Gasteiger partial charge is 0.198 e. The number of benzene rings is 1. The highest BCUT2D eigenvalue weighted by Gasteiger charge is 2.24. The lowest BCUT2D eigenvalue weighted by atomic mass is 9.87. The molecule has 2 heterocycles. The second-order valence-corrected chi connectivity index (χ2v) is 7.04. The van der Waals surface area contributed by atoms with Crippen molar-refractivity contribution in [2.45, 2.75) is 46.1 Å². The molecule has 24 heavy (non-hydrogen) atoms. The molecule has 2 aromatic heterocycles. The van der Waals surface area contributed by atoms with E-state index in [0.29, 0.717) is 18.2 Å². The van der Waals surface area contributed by atoms with Gasteiger partial charge in [-0.3, -0.25) is 4.79 Å². The molecule has 3 rings (SSSR count). The molecule has 0 fully saturated rings. The molecule has 126 valence electrons. The summed E-state index contributed by atoms with van der Waals surface area (Å²) in [4.78, 5) is 20.6. The normalized spacial score (nSPS) is 13.1. The lowest BCUT2D eigenvalue weighted by Crippen LogP contribution is -2.17. The minimum absolute atomic E-state index is 0.103. The van der Waals surface area contributed by atoms with Crippen LogP contribution in [0.25, 0.3) is 10.9 Å². The van der Waals surface area contributed by atoms with E-state index in [1.165, 1.54) is 5.39 Å². The molecule has 4 heteroatoms. The zero-order valence-corrected chi connectivity index (χ0v) is 14.8. The van der Waals surface area contributed by atoms with Crippen molar-refractivity contribution in [1.82, 2.24) is 14.5 Å². The fourth-order valence-corrected chi connectivity index (χ4v) is 3.24. The van der Waals surface area contributed by atoms with Crippen molar-refractivity contribution in [3.8, 4) is 0 Å². The zero-order chi connectivity index (χ0) is 17.3. The minimum Gasteiger partial charge on any atom is -0.358 e. The van der Waals surface area contributed by atoms with Crippen molar-refractivity contribution < 1.29 is 4.79 Å². The molecule has 0 saturated carbocycles. The Labute approximate surface area is 142 Å². The summed E-state index contributed by atoms with van der Waals surface area (Å²) in [5, 5.41) is 1.19. The third-order valence-electron chi connectivity index (χ3n) is 4.63. The van der Waals surface area contributed by atoms with Crippen LogP contribution >= 0.6 is 0 Å². The maximum Gasteiger partial charge on any atom is 0.198 e. The Morgan fingerprint density at radius 3 is 2.62 bits per heavy atom. The molecule has 1 atom stereocenters. The van der Waals surface area contributed by atoms with Gasteiger partial charge in [-0.1, -0.05) is 32.0 Å². The van der Waals surface area contributed by atoms with Gasteiger partial charge in [-0.2, -0.15) is 0 Å². The van der Waals surface area contributed by atoms with Crippen molar-refractivity contribution in [3.63, 3.8) is 0 Å². The van der Waals surface area contributed by atoms with E-state index < -0.39 is 0 Å². The zero-order valence-electron chi connectivity index (χ0n) is 14.8. The van der Waals surface area contributed by atoms with Crippen LogP contribution in [0.3, 0.4) is 0 Å². The van der Waals surface area contributed by atoms with E-state index in [0.717, 1.165) is 11.2 Å². The summed E-state index contributed by atoms with van der Waals surface area (Å²) in [6, 6.07) is 10.6. The van der Waals surface area contributed by atoms with Crippen LogP contribution in [0, 0.1) is 5.92 Å². The van der Waals surface area contributed by atoms with E-state index in [9.17, 15) is 4.79 Å². The van der Waals surface area contributed by atoms with E-state index in [1.807, 2.05) is 22.9 Å². The number of carbonyl (C=O) groups is 1. The molecule has 1 N–H and O–H groups in total. The van der Waals surface area contributed by atoms with Crippen molar-refractivity contribution in [2.75, 3.05) is 0 Å². The molecule has 4 nitrogen and oxygen atoms in total. The highest BCUT2D eigenvalue weighted by molar-refractivity contribution is 5.93. The Morgan fingerprint density at radius 1 is 1.21 bits per heavy atom. The summed E-state index contributed by atoms with van der Waals surface area (Å²) in [6.45, 7) is 8.46. The van der Waals surface area contributed by atoms with Crippen LogP contribution in [0.5, 0.6) is 0 Å². The number of carbonyl (C=O) groups excluding carboxylic acids is 1. The second-order valence-electron chi connectivity index (χ2n) is 7.04. The number of ketones is 1. The first-order chi connectivity index (χ1) is 11.5. The van der Waals surface area contributed by atoms with Crippen molar-refractivity contribution in [2.24, 2.45) is 5.92 Å². The van der Waals surface area contributed by atoms with Crippen LogP contribution in [0.15, 0.2) is 42.7 Å². The monoisotopic (exact) mass is 323 g/mol. The number of hydrogen-bond donors (Lipinski definition) is 1. The average molecular weight is 323 g/mol. The van der Waals surface area contributed by atoms with Gasteiger partial charge in [-0.15, -0.1) is 0 Å². The highest BCUT2D eigenvalue weighted by atomic mass is 16.1. The summed E-state index contributed by atoms with van der Waals surface area (Å²) in [6.07, 6.45) is 4.06. The van der Waals surface area contributed by atoms with Gasteiger partial charge >= 0.3 is 0 Å². The standard InChI is InChI=1S/C20H25N3O/c1-13(2)16(18-11-15-7-5-6-8-17(15)22-18)12-19(24)20-21-9-10-23(20)14(3)4/h5-11,13-14,16,22H,12H2,1-4H3/t16-/m0/s1. The van der Waals surface area contributed by atoms with E-state index in [-0.39, 0.29) is 17.7 Å². The Bertz CT molecular complexity index is 808. The van der Waals surface area contributed by atoms with Gasteiger partial charge in [0.15, 0.2) is 11.6 Å². The Morgan fingerprint density at radius 2 is 1.96 bits per heavy atom. The number of nitrogens with zero attached hydrogens (tertiary/aromatic N) is 2. The number of H-pyrrole nitrogens is 1. The van der Waals surface area contributed by atoms with Crippen molar-refractivity contribution in [3.05, 3.63) is 54.2 Å². The first-order valence-electron chi connectivity index (χ1n) is 8.61. The lowest BCUT2D eigenvalue weighted by Gasteiger charge is -2.19. The number of aromatic amines is 1. The molecule has 0 aliphatic carbocycles. The number of Topliss-reactive ketones (excluding diaryl/α,β-unsaturated/α-hetero) is 1. The first kappa shape index (κ1) is 16.5. The molecule has 3 aromatic rings. The van der Waals surface area contributed by atoms with Gasteiger partial charge < -0.3 is 9.55 Å². The molecular formula is C20H25N3O. The summed E-state index contributed by atoms with van der Waals surface area (Å²) >= 11 is 0. The van der Waals surface area contributed by atoms with Crippen LogP contribution in [0.2, 0.25) is 0 Å². The largest absolute Gasteiger partial charge is 0.358 e. The van der Waals surface area contributed by atoms with Crippen LogP contribution in [0.4, 0.5) is 0 Å². The van der Waals surface area contributed by atoms with Gasteiger partial charge in [0.05, 0.1) is 0 Å². The van der Waals surface area contributed by atoms with E-state index in [4.69, 9.17) is 0 Å². The third kappa shape index (κ3) is 3.14. The number of aromatic nitrogens is 3. The maximum absolute atomic E-state index is 12.8. The number of fused-ring (bicyclic) bond motifs is 1. The Kier molecular flexibility index (Phi) is 4.56. The molecule has 0 saturated heterocycles. The van der Waals surface area contributed by atoms with Gasteiger partial charge in [0.25, 0.3) is 0 Å². The highest BCUT2D eigenvalue weighted by Crippen LogP contribution is 2.31. The second kappa shape index (κ2) is 6.63. The Hall–Kier alpha value is -2.36. The number of imidazole rings is 1. The van der Waals surface area contributed by atoms with Gasteiger partial charge in [0, 0.05) is 42.0 Å². The molecular weight excluding hydrogens is 298 g/mol. The molecule has 1 aromatic carbocycles. The fraction of sp³-hybridized carbons (Fsp3) is 0.400. The molecule has 0 radical (unpaired) electrons. The third-order valence-corrected chi connectivity index (χ3v) is 4.63. The summed E-state index contributed by atoms with van der Waals surface area (Å²) in [5.41, 5.74) is 2.25.